The third-order valence-electron chi connectivity index (χ3n) is 2.46. The Hall–Kier alpha value is -1.54. The van der Waals surface area contributed by atoms with Gasteiger partial charge in [-0.2, -0.15) is 4.31 Å². The fraction of sp³-hybridized carbons (Fsp3) is 0.400. The molecule has 0 saturated heterocycles. The van der Waals surface area contributed by atoms with Crippen LogP contribution >= 0.6 is 0 Å². The lowest BCUT2D eigenvalue weighted by atomic mass is 10.2. The zero-order valence-electron chi connectivity index (χ0n) is 9.87. The Bertz CT molecular complexity index is 547. The van der Waals surface area contributed by atoms with Crippen molar-refractivity contribution in [2.75, 3.05) is 7.05 Å². The molecule has 1 atom stereocenters. The molecule has 6 nitrogen and oxygen atoms in total. The molecule has 0 aliphatic rings. The normalized spacial score (nSPS) is 13.6. The van der Waals surface area contributed by atoms with Crippen LogP contribution in [0.2, 0.25) is 0 Å². The first-order chi connectivity index (χ1) is 8.32. The molecule has 18 heavy (non-hydrogen) atoms. The number of aliphatic carboxylic acids is 1. The number of carboxylic acid groups (broad SMARTS) is 1. The lowest BCUT2D eigenvalue weighted by molar-refractivity contribution is -0.141. The SMILES string of the molecule is CCC(C(=O)O)N(C)S(=O)(=O)c1ncccc1F. The number of likely N-dealkylation sites (N-methyl/N-ethyl adjacent to an activating group) is 1. The second kappa shape index (κ2) is 5.40. The summed E-state index contributed by atoms with van der Waals surface area (Å²) in [7, 11) is -3.17. The minimum absolute atomic E-state index is 0.0690. The van der Waals surface area contributed by atoms with Crippen LogP contribution in [0.4, 0.5) is 4.39 Å². The second-order valence-electron chi connectivity index (χ2n) is 3.57. The molecule has 1 rings (SSSR count). The van der Waals surface area contributed by atoms with Gasteiger partial charge in [-0.25, -0.2) is 17.8 Å². The first kappa shape index (κ1) is 14.5. The summed E-state index contributed by atoms with van der Waals surface area (Å²) >= 11 is 0. The van der Waals surface area contributed by atoms with Crippen molar-refractivity contribution in [2.45, 2.75) is 24.4 Å². The highest BCUT2D eigenvalue weighted by Gasteiger charge is 2.34. The number of sulfonamides is 1. The van der Waals surface area contributed by atoms with E-state index in [1.54, 1.807) is 0 Å². The van der Waals surface area contributed by atoms with Gasteiger partial charge in [0.25, 0.3) is 10.0 Å². The number of rotatable bonds is 5. The third-order valence-corrected chi connectivity index (χ3v) is 4.26. The third kappa shape index (κ3) is 2.65. The quantitative estimate of drug-likeness (QED) is 0.855. The molecule has 8 heteroatoms. The van der Waals surface area contributed by atoms with Gasteiger partial charge in [-0.15, -0.1) is 0 Å². The molecule has 1 aromatic rings. The molecule has 0 aliphatic carbocycles. The van der Waals surface area contributed by atoms with Crippen LogP contribution in [-0.4, -0.2) is 41.9 Å². The molecule has 1 N–H and O–H groups in total. The van der Waals surface area contributed by atoms with E-state index in [9.17, 15) is 17.6 Å². The summed E-state index contributed by atoms with van der Waals surface area (Å²) in [6.07, 6.45) is 1.20. The van der Waals surface area contributed by atoms with Gasteiger partial charge in [0.2, 0.25) is 5.03 Å². The van der Waals surface area contributed by atoms with Crippen molar-refractivity contribution in [3.8, 4) is 0 Å². The summed E-state index contributed by atoms with van der Waals surface area (Å²) in [6.45, 7) is 1.53. The first-order valence-corrected chi connectivity index (χ1v) is 6.57. The Morgan fingerprint density at radius 1 is 1.61 bits per heavy atom. The van der Waals surface area contributed by atoms with Gasteiger partial charge in [0.15, 0.2) is 5.82 Å². The van der Waals surface area contributed by atoms with Gasteiger partial charge < -0.3 is 5.11 Å². The molecule has 1 heterocycles. The van der Waals surface area contributed by atoms with Gasteiger partial charge in [0.1, 0.15) is 6.04 Å². The number of halogens is 1. The Balaban J connectivity index is 3.23. The van der Waals surface area contributed by atoms with E-state index in [1.807, 2.05) is 0 Å². The summed E-state index contributed by atoms with van der Waals surface area (Å²) in [4.78, 5) is 14.4. The monoisotopic (exact) mass is 276 g/mol. The largest absolute Gasteiger partial charge is 0.480 e. The molecular formula is C10H13FN2O4S. The average molecular weight is 276 g/mol. The zero-order valence-corrected chi connectivity index (χ0v) is 10.7. The molecule has 0 aromatic carbocycles. The van der Waals surface area contributed by atoms with Crippen molar-refractivity contribution >= 4 is 16.0 Å². The van der Waals surface area contributed by atoms with Crippen LogP contribution in [0, 0.1) is 5.82 Å². The number of aromatic nitrogens is 1. The minimum atomic E-state index is -4.26. The summed E-state index contributed by atoms with van der Waals surface area (Å²) in [5.74, 6) is -2.30. The standard InChI is InChI=1S/C10H13FN2O4S/c1-3-8(10(14)15)13(2)18(16,17)9-7(11)5-4-6-12-9/h4-6,8H,3H2,1-2H3,(H,14,15). The Morgan fingerprint density at radius 2 is 2.22 bits per heavy atom. The van der Waals surface area contributed by atoms with Crippen LogP contribution in [0.3, 0.4) is 0 Å². The van der Waals surface area contributed by atoms with Gasteiger partial charge in [0, 0.05) is 13.2 Å². The highest BCUT2D eigenvalue weighted by Crippen LogP contribution is 2.18. The van der Waals surface area contributed by atoms with E-state index in [2.05, 4.69) is 4.98 Å². The molecule has 0 aliphatic heterocycles. The Kier molecular flexibility index (Phi) is 4.36. The highest BCUT2D eigenvalue weighted by atomic mass is 32.2. The maximum atomic E-state index is 13.4. The summed E-state index contributed by atoms with van der Waals surface area (Å²) in [6, 6.07) is 0.953. The van der Waals surface area contributed by atoms with E-state index in [0.717, 1.165) is 19.3 Å². The number of nitrogens with zero attached hydrogens (tertiary/aromatic N) is 2. The highest BCUT2D eigenvalue weighted by molar-refractivity contribution is 7.89. The number of hydrogen-bond donors (Lipinski definition) is 1. The van der Waals surface area contributed by atoms with Gasteiger partial charge in [0.05, 0.1) is 0 Å². The molecule has 0 bridgehead atoms. The fourth-order valence-corrected chi connectivity index (χ4v) is 2.81. The second-order valence-corrected chi connectivity index (χ2v) is 5.49. The van der Waals surface area contributed by atoms with E-state index in [-0.39, 0.29) is 6.42 Å². The first-order valence-electron chi connectivity index (χ1n) is 5.13. The number of hydrogen-bond acceptors (Lipinski definition) is 4. The molecule has 0 amide bonds. The van der Waals surface area contributed by atoms with Crippen LogP contribution in [-0.2, 0) is 14.8 Å². The molecule has 1 unspecified atom stereocenters. The van der Waals surface area contributed by atoms with Crippen molar-refractivity contribution in [3.05, 3.63) is 24.1 Å². The Labute approximate surface area is 104 Å². The topological polar surface area (TPSA) is 87.6 Å². The molecular weight excluding hydrogens is 263 g/mol. The predicted molar refractivity (Wildman–Crippen MR) is 60.9 cm³/mol. The fourth-order valence-electron chi connectivity index (χ4n) is 1.45. The van der Waals surface area contributed by atoms with Gasteiger partial charge >= 0.3 is 5.97 Å². The number of pyridine rings is 1. The van der Waals surface area contributed by atoms with Crippen LogP contribution < -0.4 is 0 Å². The maximum absolute atomic E-state index is 13.4. The zero-order chi connectivity index (χ0) is 13.9. The lowest BCUT2D eigenvalue weighted by Crippen LogP contribution is -2.42. The van der Waals surface area contributed by atoms with Crippen molar-refractivity contribution in [1.29, 1.82) is 0 Å². The molecule has 0 saturated carbocycles. The van der Waals surface area contributed by atoms with Crippen molar-refractivity contribution < 1.29 is 22.7 Å². The average Bonchev–Trinajstić information content (AvgIpc) is 2.29. The van der Waals surface area contributed by atoms with Gasteiger partial charge in [-0.3, -0.25) is 4.79 Å². The van der Waals surface area contributed by atoms with Gasteiger partial charge in [-0.05, 0) is 18.6 Å². The Morgan fingerprint density at radius 3 is 2.67 bits per heavy atom. The number of carboxylic acids is 1. The number of carbonyl (C=O) groups is 1. The van der Waals surface area contributed by atoms with Crippen LogP contribution in [0.5, 0.6) is 0 Å². The lowest BCUT2D eigenvalue weighted by Gasteiger charge is -2.22. The van der Waals surface area contributed by atoms with Crippen LogP contribution in [0.15, 0.2) is 23.4 Å². The molecule has 0 fully saturated rings. The van der Waals surface area contributed by atoms with E-state index in [1.165, 1.54) is 13.0 Å². The molecule has 1 aromatic heterocycles. The summed E-state index contributed by atoms with van der Waals surface area (Å²) in [5.41, 5.74) is 0. The summed E-state index contributed by atoms with van der Waals surface area (Å²) < 4.78 is 38.0. The van der Waals surface area contributed by atoms with E-state index >= 15 is 0 Å². The molecule has 0 spiro atoms. The van der Waals surface area contributed by atoms with Crippen molar-refractivity contribution in [2.24, 2.45) is 0 Å². The maximum Gasteiger partial charge on any atom is 0.321 e. The van der Waals surface area contributed by atoms with Crippen molar-refractivity contribution in [1.82, 2.24) is 9.29 Å². The van der Waals surface area contributed by atoms with Crippen LogP contribution in [0.25, 0.3) is 0 Å². The van der Waals surface area contributed by atoms with E-state index in [4.69, 9.17) is 5.11 Å². The van der Waals surface area contributed by atoms with Crippen molar-refractivity contribution in [3.63, 3.8) is 0 Å². The summed E-state index contributed by atoms with van der Waals surface area (Å²) in [5, 5.41) is 8.13. The molecule has 100 valence electrons. The predicted octanol–water partition coefficient (Wildman–Crippen LogP) is 0.704. The van der Waals surface area contributed by atoms with E-state index < -0.39 is 32.9 Å². The molecule has 0 radical (unpaired) electrons. The van der Waals surface area contributed by atoms with E-state index in [0.29, 0.717) is 4.31 Å². The smallest absolute Gasteiger partial charge is 0.321 e. The minimum Gasteiger partial charge on any atom is -0.480 e. The van der Waals surface area contributed by atoms with Gasteiger partial charge in [-0.1, -0.05) is 6.92 Å². The van der Waals surface area contributed by atoms with Crippen LogP contribution in [0.1, 0.15) is 13.3 Å².